The second-order valence-electron chi connectivity index (χ2n) is 18.1. The highest BCUT2D eigenvalue weighted by Crippen LogP contribution is 2.54. The third-order valence-electron chi connectivity index (χ3n) is 14.2. The lowest BCUT2D eigenvalue weighted by atomic mass is 9.57. The number of aromatic nitrogens is 3. The minimum Gasteiger partial charge on any atom is -0.494 e. The first-order valence-electron chi connectivity index (χ1n) is 21.9. The molecule has 2 saturated heterocycles. The Kier molecular flexibility index (Phi) is 11.3. The number of halogens is 3. The van der Waals surface area contributed by atoms with Crippen LogP contribution in [0.15, 0.2) is 48.5 Å². The second-order valence-corrected chi connectivity index (χ2v) is 18.1. The van der Waals surface area contributed by atoms with Crippen molar-refractivity contribution in [1.82, 2.24) is 29.9 Å². The first kappa shape index (κ1) is 42.5. The lowest BCUT2D eigenvalue weighted by Gasteiger charge is -2.53. The highest BCUT2D eigenvalue weighted by molar-refractivity contribution is 6.25. The van der Waals surface area contributed by atoms with Crippen LogP contribution in [0.1, 0.15) is 119 Å². The third-order valence-corrected chi connectivity index (χ3v) is 14.2. The van der Waals surface area contributed by atoms with Gasteiger partial charge in [-0.2, -0.15) is 18.3 Å². The predicted molar refractivity (Wildman–Crippen MR) is 226 cm³/mol. The normalized spacial score (nSPS) is 22.9. The largest absolute Gasteiger partial charge is 0.494 e. The Bertz CT molecular complexity index is 2480. The number of methoxy groups -OCH3 is 1. The van der Waals surface area contributed by atoms with Gasteiger partial charge in [0.2, 0.25) is 11.8 Å². The zero-order valence-corrected chi connectivity index (χ0v) is 35.4. The van der Waals surface area contributed by atoms with E-state index in [4.69, 9.17) is 9.84 Å². The molecule has 5 heterocycles. The van der Waals surface area contributed by atoms with Crippen molar-refractivity contribution in [2.75, 3.05) is 43.9 Å². The molecule has 0 radical (unpaired) electrons. The third kappa shape index (κ3) is 8.27. The summed E-state index contributed by atoms with van der Waals surface area (Å²) in [5.41, 5.74) is 2.08. The van der Waals surface area contributed by atoms with E-state index in [2.05, 4.69) is 30.5 Å². The van der Waals surface area contributed by atoms with Gasteiger partial charge in [0, 0.05) is 42.3 Å². The van der Waals surface area contributed by atoms with Crippen molar-refractivity contribution < 1.29 is 41.9 Å². The van der Waals surface area contributed by atoms with Gasteiger partial charge in [-0.25, -0.2) is 4.98 Å². The molecule has 2 aromatic carbocycles. The van der Waals surface area contributed by atoms with Crippen LogP contribution in [0.3, 0.4) is 0 Å². The van der Waals surface area contributed by atoms with Crippen molar-refractivity contribution in [2.45, 2.75) is 95.8 Å². The van der Waals surface area contributed by atoms with Crippen LogP contribution in [0.5, 0.6) is 5.75 Å². The molecule has 5 amide bonds. The average Bonchev–Trinajstić information content (AvgIpc) is 3.71. The molecule has 332 valence electrons. The van der Waals surface area contributed by atoms with Crippen LogP contribution in [0.25, 0.3) is 10.9 Å². The van der Waals surface area contributed by atoms with Gasteiger partial charge in [0.15, 0.2) is 0 Å². The lowest BCUT2D eigenvalue weighted by molar-refractivity contribution is -0.141. The fourth-order valence-electron chi connectivity index (χ4n) is 10.8. The van der Waals surface area contributed by atoms with Crippen molar-refractivity contribution in [3.63, 3.8) is 0 Å². The zero-order chi connectivity index (χ0) is 44.2. The maximum Gasteiger partial charge on any atom is 0.433 e. The molecular formula is C46H51F3N8O6. The molecule has 2 saturated carbocycles. The number of likely N-dealkylation sites (tertiary alicyclic amines) is 1. The van der Waals surface area contributed by atoms with Crippen molar-refractivity contribution in [1.29, 1.82) is 0 Å². The molecule has 3 aliphatic heterocycles. The Morgan fingerprint density at radius 3 is 2.40 bits per heavy atom. The number of piperidine rings is 2. The summed E-state index contributed by atoms with van der Waals surface area (Å²) in [7, 11) is 1.47. The van der Waals surface area contributed by atoms with Crippen LogP contribution in [0, 0.1) is 24.2 Å². The number of rotatable bonds is 11. The number of pyridine rings is 1. The number of aryl methyl sites for hydroxylation is 1. The SMILES string of the molecule is COc1cc2nn(C3CCC(CN4CCC5(CC4)CC(CCNc4cccc6c4C(=O)N(C4CCC(=O)NC4=O)C6=O)C5)CC3)c(C)c2cc1NC(=O)c1cccc(C(F)(F)F)n1. The summed E-state index contributed by atoms with van der Waals surface area (Å²) < 4.78 is 47.3. The Labute approximate surface area is 362 Å². The predicted octanol–water partition coefficient (Wildman–Crippen LogP) is 7.15. The number of nitrogens with one attached hydrogen (secondary N) is 3. The summed E-state index contributed by atoms with van der Waals surface area (Å²) in [6.45, 7) is 5.99. The molecule has 63 heavy (non-hydrogen) atoms. The van der Waals surface area contributed by atoms with E-state index in [1.165, 1.54) is 38.9 Å². The summed E-state index contributed by atoms with van der Waals surface area (Å²) in [5, 5.41) is 14.1. The number of carbonyl (C=O) groups is 5. The lowest BCUT2D eigenvalue weighted by Crippen LogP contribution is -2.54. The van der Waals surface area contributed by atoms with Crippen LogP contribution in [0.4, 0.5) is 24.5 Å². The summed E-state index contributed by atoms with van der Waals surface area (Å²) in [6.07, 6.45) is 5.52. The standard InChI is InChI=1S/C46H51F3N8O6/c1-26-31-21-35(52-41(59)33-7-4-8-38(51-33)46(47,48)49)37(63-2)22-34(31)54-57(26)29-11-9-27(10-12-29)25-55-19-16-45(17-20-55)23-28(24-45)15-18-50-32-6-3-5-30-40(32)44(62)56(43(30)61)36-13-14-39(58)53-42(36)60/h3-8,21-22,27-29,36,50H,9-20,23-25H2,1-2H3,(H,52,59)(H,53,58,60). The summed E-state index contributed by atoms with van der Waals surface area (Å²) in [5.74, 6) is -1.23. The molecule has 14 nitrogen and oxygen atoms in total. The van der Waals surface area contributed by atoms with Crippen LogP contribution >= 0.6 is 0 Å². The smallest absolute Gasteiger partial charge is 0.433 e. The maximum atomic E-state index is 13.5. The first-order valence-corrected chi connectivity index (χ1v) is 21.9. The summed E-state index contributed by atoms with van der Waals surface area (Å²) in [4.78, 5) is 71.0. The van der Waals surface area contributed by atoms with Crippen LogP contribution in [0.2, 0.25) is 0 Å². The van der Waals surface area contributed by atoms with Crippen LogP contribution < -0.4 is 20.7 Å². The Morgan fingerprint density at radius 2 is 1.68 bits per heavy atom. The topological polar surface area (TPSA) is 168 Å². The van der Waals surface area contributed by atoms with E-state index < -0.39 is 47.4 Å². The van der Waals surface area contributed by atoms with Gasteiger partial charge >= 0.3 is 6.18 Å². The average molecular weight is 869 g/mol. The van der Waals surface area contributed by atoms with Crippen molar-refractivity contribution in [3.8, 4) is 5.75 Å². The minimum atomic E-state index is -4.67. The van der Waals surface area contributed by atoms with Crippen molar-refractivity contribution >= 4 is 51.8 Å². The highest BCUT2D eigenvalue weighted by atomic mass is 19.4. The van der Waals surface area contributed by atoms with Gasteiger partial charge in [0.25, 0.3) is 17.7 Å². The maximum absolute atomic E-state index is 13.5. The number of carbonyl (C=O) groups excluding carboxylic acids is 5. The number of benzene rings is 2. The molecule has 0 bridgehead atoms. The summed E-state index contributed by atoms with van der Waals surface area (Å²) >= 11 is 0. The molecule has 1 spiro atoms. The van der Waals surface area contributed by atoms with Crippen LogP contribution in [-0.4, -0.2) is 93.4 Å². The molecular weight excluding hydrogens is 818 g/mol. The number of ether oxygens (including phenoxy) is 1. The van der Waals surface area contributed by atoms with Gasteiger partial charge in [0.1, 0.15) is 23.2 Å². The molecule has 9 rings (SSSR count). The monoisotopic (exact) mass is 868 g/mol. The van der Waals surface area contributed by atoms with Gasteiger partial charge in [-0.3, -0.25) is 38.9 Å². The number of amides is 5. The molecule has 5 aliphatic rings. The molecule has 4 aromatic rings. The molecule has 1 unspecified atom stereocenters. The van der Waals surface area contributed by atoms with Gasteiger partial charge in [-0.1, -0.05) is 12.1 Å². The van der Waals surface area contributed by atoms with E-state index in [1.54, 1.807) is 30.3 Å². The first-order chi connectivity index (χ1) is 30.2. The Hall–Kier alpha value is -5.84. The molecule has 2 aliphatic carbocycles. The molecule has 2 aromatic heterocycles. The van der Waals surface area contributed by atoms with Crippen molar-refractivity contribution in [3.05, 3.63) is 76.7 Å². The number of hydrogen-bond acceptors (Lipinski definition) is 10. The molecule has 1 atom stereocenters. The van der Waals surface area contributed by atoms with Gasteiger partial charge in [0.05, 0.1) is 35.5 Å². The van der Waals surface area contributed by atoms with E-state index >= 15 is 0 Å². The number of alkyl halides is 3. The van der Waals surface area contributed by atoms with Crippen molar-refractivity contribution in [2.24, 2.45) is 17.3 Å². The number of nitrogens with zero attached hydrogens (tertiary/aromatic N) is 5. The minimum absolute atomic E-state index is 0.0813. The van der Waals surface area contributed by atoms with E-state index in [0.29, 0.717) is 52.0 Å². The highest BCUT2D eigenvalue weighted by Gasteiger charge is 2.47. The number of imide groups is 2. The Balaban J connectivity index is 0.726. The van der Waals surface area contributed by atoms with E-state index in [-0.39, 0.29) is 30.1 Å². The van der Waals surface area contributed by atoms with E-state index in [0.717, 1.165) is 79.9 Å². The van der Waals surface area contributed by atoms with E-state index in [1.807, 2.05) is 6.92 Å². The molecule has 17 heteroatoms. The number of anilines is 2. The molecule has 3 N–H and O–H groups in total. The fourth-order valence-corrected chi connectivity index (χ4v) is 10.8. The quantitative estimate of drug-likeness (QED) is 0.132. The Morgan fingerprint density at radius 1 is 0.937 bits per heavy atom. The number of hydrogen-bond donors (Lipinski definition) is 3. The summed E-state index contributed by atoms with van der Waals surface area (Å²) in [6, 6.07) is 11.1. The van der Waals surface area contributed by atoms with Gasteiger partial charge in [-0.05, 0) is 132 Å². The fraction of sp³-hybridized carbons (Fsp3) is 0.500. The number of fused-ring (bicyclic) bond motifs is 2. The second kappa shape index (κ2) is 16.7. The van der Waals surface area contributed by atoms with E-state index in [9.17, 15) is 37.1 Å². The molecule has 4 fully saturated rings. The van der Waals surface area contributed by atoms with Gasteiger partial charge in [-0.15, -0.1) is 0 Å². The van der Waals surface area contributed by atoms with Crippen LogP contribution in [-0.2, 0) is 15.8 Å². The van der Waals surface area contributed by atoms with Gasteiger partial charge < -0.3 is 20.3 Å². The zero-order valence-electron chi connectivity index (χ0n) is 35.4.